The van der Waals surface area contributed by atoms with Gasteiger partial charge in [0, 0.05) is 19.4 Å². The number of nitrogen functional groups attached to an aromatic ring is 1. The number of rotatable bonds is 2. The molecule has 6 heteroatoms. The molecule has 0 radical (unpaired) electrons. The molecule has 2 rings (SSSR count). The lowest BCUT2D eigenvalue weighted by atomic mass is 10.4. The summed E-state index contributed by atoms with van der Waals surface area (Å²) in [6.07, 6.45) is 3.20. The summed E-state index contributed by atoms with van der Waals surface area (Å²) in [7, 11) is 1.75. The van der Waals surface area contributed by atoms with Gasteiger partial charge in [-0.25, -0.2) is 14.6 Å². The van der Waals surface area contributed by atoms with Crippen LogP contribution in [0.4, 0.5) is 5.82 Å². The summed E-state index contributed by atoms with van der Waals surface area (Å²) in [5, 5.41) is 4.09. The van der Waals surface area contributed by atoms with Crippen LogP contribution in [0.3, 0.4) is 0 Å². The predicted octanol–water partition coefficient (Wildman–Crippen LogP) is 0.893. The molecule has 78 valence electrons. The number of nitrogens with zero attached hydrogens (tertiary/aromatic N) is 4. The van der Waals surface area contributed by atoms with Crippen LogP contribution in [0.5, 0.6) is 11.9 Å². The van der Waals surface area contributed by atoms with E-state index in [1.54, 1.807) is 30.2 Å². The average molecular weight is 205 g/mol. The molecule has 15 heavy (non-hydrogen) atoms. The maximum Gasteiger partial charge on any atom is 0.323 e. The van der Waals surface area contributed by atoms with Gasteiger partial charge in [-0.05, 0) is 13.0 Å². The Morgan fingerprint density at radius 3 is 2.53 bits per heavy atom. The van der Waals surface area contributed by atoms with Crippen LogP contribution in [-0.2, 0) is 7.05 Å². The molecule has 0 aliphatic carbocycles. The Kier molecular flexibility index (Phi) is 2.24. The van der Waals surface area contributed by atoms with Crippen LogP contribution in [0.1, 0.15) is 5.56 Å². The third kappa shape index (κ3) is 1.74. The lowest BCUT2D eigenvalue weighted by Gasteiger charge is -1.98. The minimum atomic E-state index is 0.263. The fourth-order valence-corrected chi connectivity index (χ4v) is 1.14. The Morgan fingerprint density at radius 2 is 2.00 bits per heavy atom. The molecule has 0 aliphatic heterocycles. The topological polar surface area (TPSA) is 78.9 Å². The molecule has 0 fully saturated rings. The van der Waals surface area contributed by atoms with E-state index in [9.17, 15) is 0 Å². The van der Waals surface area contributed by atoms with E-state index in [-0.39, 0.29) is 6.01 Å². The highest BCUT2D eigenvalue weighted by Gasteiger charge is 2.12. The van der Waals surface area contributed by atoms with Crippen molar-refractivity contribution in [3.8, 4) is 11.9 Å². The van der Waals surface area contributed by atoms with E-state index in [0.717, 1.165) is 5.56 Å². The molecule has 0 aromatic carbocycles. The van der Waals surface area contributed by atoms with Gasteiger partial charge in [-0.3, -0.25) is 0 Å². The van der Waals surface area contributed by atoms with Gasteiger partial charge in [0.05, 0.1) is 5.56 Å². The first-order valence-corrected chi connectivity index (χ1v) is 4.42. The normalized spacial score (nSPS) is 10.3. The summed E-state index contributed by atoms with van der Waals surface area (Å²) in [5.41, 5.74) is 6.52. The van der Waals surface area contributed by atoms with Gasteiger partial charge < -0.3 is 10.5 Å². The Labute approximate surface area is 86.7 Å². The smallest absolute Gasteiger partial charge is 0.323 e. The molecular weight excluding hydrogens is 194 g/mol. The minimum absolute atomic E-state index is 0.263. The number of ether oxygens (including phenoxy) is 1. The standard InChI is InChI=1S/C9H11N5O/c1-6-7(10)14(2)13-8(6)15-9-11-4-3-5-12-9/h3-5H,10H2,1-2H3. The van der Waals surface area contributed by atoms with Crippen molar-refractivity contribution in [1.29, 1.82) is 0 Å². The first kappa shape index (κ1) is 9.45. The van der Waals surface area contributed by atoms with Crippen LogP contribution in [0.15, 0.2) is 18.5 Å². The molecule has 0 atom stereocenters. The fraction of sp³-hybridized carbons (Fsp3) is 0.222. The van der Waals surface area contributed by atoms with Gasteiger partial charge in [0.2, 0.25) is 5.88 Å². The molecule has 0 unspecified atom stereocenters. The van der Waals surface area contributed by atoms with Crippen molar-refractivity contribution >= 4 is 5.82 Å². The first-order chi connectivity index (χ1) is 7.18. The summed E-state index contributed by atoms with van der Waals surface area (Å²) in [6.45, 7) is 1.83. The highest BCUT2D eigenvalue weighted by Crippen LogP contribution is 2.24. The van der Waals surface area contributed by atoms with Crippen LogP contribution < -0.4 is 10.5 Å². The quantitative estimate of drug-likeness (QED) is 0.787. The summed E-state index contributed by atoms with van der Waals surface area (Å²) in [4.78, 5) is 7.86. The molecular formula is C9H11N5O. The molecule has 2 aromatic heterocycles. The zero-order valence-electron chi connectivity index (χ0n) is 8.51. The SMILES string of the molecule is Cc1c(Oc2ncccn2)nn(C)c1N. The second kappa shape index (κ2) is 3.56. The maximum atomic E-state index is 5.74. The van der Waals surface area contributed by atoms with Crippen LogP contribution >= 0.6 is 0 Å². The van der Waals surface area contributed by atoms with Crippen LogP contribution in [0.2, 0.25) is 0 Å². The largest absolute Gasteiger partial charge is 0.403 e. The molecule has 0 bridgehead atoms. The van der Waals surface area contributed by atoms with Gasteiger partial charge in [0.1, 0.15) is 5.82 Å². The van der Waals surface area contributed by atoms with E-state index in [0.29, 0.717) is 11.7 Å². The third-order valence-electron chi connectivity index (χ3n) is 2.02. The van der Waals surface area contributed by atoms with Gasteiger partial charge in [-0.15, -0.1) is 5.10 Å². The molecule has 2 heterocycles. The van der Waals surface area contributed by atoms with E-state index in [1.807, 2.05) is 6.92 Å². The number of hydrogen-bond acceptors (Lipinski definition) is 5. The van der Waals surface area contributed by atoms with E-state index in [2.05, 4.69) is 15.1 Å². The molecule has 0 saturated heterocycles. The minimum Gasteiger partial charge on any atom is -0.403 e. The van der Waals surface area contributed by atoms with Crippen molar-refractivity contribution in [1.82, 2.24) is 19.7 Å². The van der Waals surface area contributed by atoms with Gasteiger partial charge in [-0.2, -0.15) is 0 Å². The molecule has 0 spiro atoms. The molecule has 6 nitrogen and oxygen atoms in total. The summed E-state index contributed by atoms with van der Waals surface area (Å²) >= 11 is 0. The fourth-order valence-electron chi connectivity index (χ4n) is 1.14. The molecule has 2 aromatic rings. The third-order valence-corrected chi connectivity index (χ3v) is 2.02. The van der Waals surface area contributed by atoms with Crippen molar-refractivity contribution in [2.45, 2.75) is 6.92 Å². The molecule has 0 saturated carbocycles. The second-order valence-corrected chi connectivity index (χ2v) is 3.07. The van der Waals surface area contributed by atoms with Crippen molar-refractivity contribution in [3.05, 3.63) is 24.0 Å². The number of anilines is 1. The van der Waals surface area contributed by atoms with Crippen molar-refractivity contribution < 1.29 is 4.74 Å². The zero-order chi connectivity index (χ0) is 10.8. The van der Waals surface area contributed by atoms with E-state index in [1.165, 1.54) is 0 Å². The number of hydrogen-bond donors (Lipinski definition) is 1. The van der Waals surface area contributed by atoms with E-state index >= 15 is 0 Å². The summed E-state index contributed by atoms with van der Waals surface area (Å²) in [6, 6.07) is 1.98. The van der Waals surface area contributed by atoms with Crippen molar-refractivity contribution in [3.63, 3.8) is 0 Å². The highest BCUT2D eigenvalue weighted by atomic mass is 16.5. The molecule has 2 N–H and O–H groups in total. The summed E-state index contributed by atoms with van der Waals surface area (Å²) in [5.74, 6) is 1.00. The second-order valence-electron chi connectivity index (χ2n) is 3.07. The average Bonchev–Trinajstić information content (AvgIpc) is 2.48. The lowest BCUT2D eigenvalue weighted by Crippen LogP contribution is -1.97. The Morgan fingerprint density at radius 1 is 1.33 bits per heavy atom. The number of aryl methyl sites for hydroxylation is 1. The summed E-state index contributed by atoms with van der Waals surface area (Å²) < 4.78 is 6.93. The Hall–Kier alpha value is -2.11. The van der Waals surface area contributed by atoms with E-state index in [4.69, 9.17) is 10.5 Å². The Balaban J connectivity index is 2.29. The van der Waals surface area contributed by atoms with Crippen molar-refractivity contribution in [2.24, 2.45) is 7.05 Å². The predicted molar refractivity (Wildman–Crippen MR) is 54.5 cm³/mol. The van der Waals surface area contributed by atoms with Crippen LogP contribution in [0.25, 0.3) is 0 Å². The monoisotopic (exact) mass is 205 g/mol. The molecule has 0 amide bonds. The van der Waals surface area contributed by atoms with Crippen LogP contribution in [0, 0.1) is 6.92 Å². The maximum absolute atomic E-state index is 5.74. The van der Waals surface area contributed by atoms with Crippen LogP contribution in [-0.4, -0.2) is 19.7 Å². The van der Waals surface area contributed by atoms with Gasteiger partial charge >= 0.3 is 6.01 Å². The van der Waals surface area contributed by atoms with Gasteiger partial charge in [0.15, 0.2) is 0 Å². The van der Waals surface area contributed by atoms with Gasteiger partial charge in [0.25, 0.3) is 0 Å². The zero-order valence-corrected chi connectivity index (χ0v) is 8.51. The lowest BCUT2D eigenvalue weighted by molar-refractivity contribution is 0.416. The van der Waals surface area contributed by atoms with Crippen molar-refractivity contribution in [2.75, 3.05) is 5.73 Å². The number of aromatic nitrogens is 4. The van der Waals surface area contributed by atoms with E-state index < -0.39 is 0 Å². The highest BCUT2D eigenvalue weighted by molar-refractivity contribution is 5.45. The molecule has 0 aliphatic rings. The Bertz CT molecular complexity index is 465. The van der Waals surface area contributed by atoms with Gasteiger partial charge in [-0.1, -0.05) is 0 Å². The number of nitrogens with two attached hydrogens (primary N) is 1. The first-order valence-electron chi connectivity index (χ1n) is 4.42.